The van der Waals surface area contributed by atoms with Crippen LogP contribution in [0, 0.1) is 0 Å². The smallest absolute Gasteiger partial charge is 0.252 e. The first-order valence-electron chi connectivity index (χ1n) is 6.07. The summed E-state index contributed by atoms with van der Waals surface area (Å²) in [4.78, 5) is 18.2. The van der Waals surface area contributed by atoms with Crippen molar-refractivity contribution in [3.05, 3.63) is 22.8 Å². The summed E-state index contributed by atoms with van der Waals surface area (Å²) in [5.74, 6) is 0.388. The zero-order valence-corrected chi connectivity index (χ0v) is 12.8. The third kappa shape index (κ3) is 4.08. The number of halogens is 1. The molecule has 0 aliphatic heterocycles. The third-order valence-electron chi connectivity index (χ3n) is 3.23. The van der Waals surface area contributed by atoms with Gasteiger partial charge in [0.15, 0.2) is 0 Å². The molecule has 0 radical (unpaired) electrons. The first kappa shape index (κ1) is 15.7. The average molecular weight is 285 g/mol. The number of carbonyl (C=O) groups excluding carboxylic acids is 1. The van der Waals surface area contributed by atoms with Crippen molar-refractivity contribution in [3.63, 3.8) is 0 Å². The van der Waals surface area contributed by atoms with E-state index >= 15 is 0 Å². The number of amides is 1. The van der Waals surface area contributed by atoms with E-state index in [0.29, 0.717) is 22.9 Å². The van der Waals surface area contributed by atoms with Gasteiger partial charge in [-0.2, -0.15) is 0 Å². The number of carbonyl (C=O) groups is 1. The molecule has 106 valence electrons. The van der Waals surface area contributed by atoms with E-state index in [9.17, 15) is 4.79 Å². The van der Waals surface area contributed by atoms with Crippen molar-refractivity contribution in [2.45, 2.75) is 19.4 Å². The molecule has 0 aliphatic carbocycles. The van der Waals surface area contributed by atoms with Gasteiger partial charge in [-0.05, 0) is 34.0 Å². The molecule has 0 aliphatic rings. The maximum atomic E-state index is 12.0. The van der Waals surface area contributed by atoms with E-state index in [-0.39, 0.29) is 11.4 Å². The molecule has 1 amide bonds. The second-order valence-corrected chi connectivity index (χ2v) is 5.60. The number of nitrogens with one attached hydrogen (secondary N) is 2. The third-order valence-corrected chi connectivity index (χ3v) is 3.52. The highest BCUT2D eigenvalue weighted by atomic mass is 35.5. The van der Waals surface area contributed by atoms with Gasteiger partial charge in [0.25, 0.3) is 5.91 Å². The van der Waals surface area contributed by atoms with Crippen molar-refractivity contribution in [1.82, 2.24) is 15.2 Å². The summed E-state index contributed by atoms with van der Waals surface area (Å²) in [5.41, 5.74) is 0.344. The molecule has 0 bridgehead atoms. The summed E-state index contributed by atoms with van der Waals surface area (Å²) in [5, 5.41) is 6.17. The standard InChI is InChI=1S/C13H21ClN4O/c1-13(2,18(4)5)8-17-12(19)9-6-10(14)11(15-3)16-7-9/h6-7H,8H2,1-5H3,(H,15,16)(H,17,19). The predicted octanol–water partition coefficient (Wildman–Crippen LogP) is 1.85. The molecule has 0 fully saturated rings. The topological polar surface area (TPSA) is 57.3 Å². The summed E-state index contributed by atoms with van der Waals surface area (Å²) in [7, 11) is 5.69. The zero-order chi connectivity index (χ0) is 14.6. The Morgan fingerprint density at radius 2 is 2.11 bits per heavy atom. The van der Waals surface area contributed by atoms with Gasteiger partial charge >= 0.3 is 0 Å². The largest absolute Gasteiger partial charge is 0.372 e. The van der Waals surface area contributed by atoms with Crippen LogP contribution in [0.4, 0.5) is 5.82 Å². The lowest BCUT2D eigenvalue weighted by Gasteiger charge is -2.32. The van der Waals surface area contributed by atoms with Crippen molar-refractivity contribution in [2.24, 2.45) is 0 Å². The minimum atomic E-state index is -0.174. The molecule has 19 heavy (non-hydrogen) atoms. The van der Waals surface area contributed by atoms with Crippen LogP contribution in [-0.2, 0) is 0 Å². The van der Waals surface area contributed by atoms with Gasteiger partial charge in [-0.3, -0.25) is 4.79 Å². The number of likely N-dealkylation sites (N-methyl/N-ethyl adjacent to an activating group) is 1. The molecule has 0 unspecified atom stereocenters. The summed E-state index contributed by atoms with van der Waals surface area (Å²) in [6.45, 7) is 4.66. The predicted molar refractivity (Wildman–Crippen MR) is 78.9 cm³/mol. The summed E-state index contributed by atoms with van der Waals surface area (Å²) >= 11 is 6.00. The van der Waals surface area contributed by atoms with Gasteiger partial charge in [0.1, 0.15) is 5.82 Å². The molecule has 5 nitrogen and oxygen atoms in total. The lowest BCUT2D eigenvalue weighted by molar-refractivity contribution is 0.0919. The fraction of sp³-hybridized carbons (Fsp3) is 0.538. The molecule has 0 spiro atoms. The highest BCUT2D eigenvalue weighted by Gasteiger charge is 2.21. The Hall–Kier alpha value is -1.33. The maximum absolute atomic E-state index is 12.0. The molecule has 0 atom stereocenters. The Bertz CT molecular complexity index is 460. The molecule has 0 saturated carbocycles. The van der Waals surface area contributed by atoms with Crippen molar-refractivity contribution in [2.75, 3.05) is 33.0 Å². The van der Waals surface area contributed by atoms with E-state index in [4.69, 9.17) is 11.6 Å². The van der Waals surface area contributed by atoms with Crippen molar-refractivity contribution >= 4 is 23.3 Å². The SMILES string of the molecule is CNc1ncc(C(=O)NCC(C)(C)N(C)C)cc1Cl. The number of anilines is 1. The van der Waals surface area contributed by atoms with Crippen molar-refractivity contribution in [3.8, 4) is 0 Å². The number of rotatable bonds is 5. The van der Waals surface area contributed by atoms with Crippen LogP contribution in [-0.4, -0.2) is 49.0 Å². The maximum Gasteiger partial charge on any atom is 0.252 e. The fourth-order valence-electron chi connectivity index (χ4n) is 1.30. The quantitative estimate of drug-likeness (QED) is 0.866. The van der Waals surface area contributed by atoms with E-state index in [1.807, 2.05) is 14.1 Å². The van der Waals surface area contributed by atoms with Crippen LogP contribution < -0.4 is 10.6 Å². The van der Waals surface area contributed by atoms with E-state index in [2.05, 4.69) is 34.4 Å². The zero-order valence-electron chi connectivity index (χ0n) is 12.0. The van der Waals surface area contributed by atoms with Crippen molar-refractivity contribution in [1.29, 1.82) is 0 Å². The lowest BCUT2D eigenvalue weighted by Crippen LogP contribution is -2.48. The van der Waals surface area contributed by atoms with Gasteiger partial charge in [0.2, 0.25) is 0 Å². The lowest BCUT2D eigenvalue weighted by atomic mass is 10.0. The number of hydrogen-bond acceptors (Lipinski definition) is 4. The molecular formula is C13H21ClN4O. The van der Waals surface area contributed by atoms with Gasteiger partial charge in [0, 0.05) is 25.3 Å². The molecule has 1 aromatic heterocycles. The molecule has 1 heterocycles. The van der Waals surface area contributed by atoms with Crippen LogP contribution in [0.2, 0.25) is 5.02 Å². The molecular weight excluding hydrogens is 264 g/mol. The number of hydrogen-bond donors (Lipinski definition) is 2. The highest BCUT2D eigenvalue weighted by Crippen LogP contribution is 2.19. The van der Waals surface area contributed by atoms with Gasteiger partial charge in [-0.25, -0.2) is 4.98 Å². The molecule has 1 rings (SSSR count). The first-order valence-corrected chi connectivity index (χ1v) is 6.44. The minimum absolute atomic E-state index is 0.113. The monoisotopic (exact) mass is 284 g/mol. The number of pyridine rings is 1. The average Bonchev–Trinajstić information content (AvgIpc) is 2.35. The van der Waals surface area contributed by atoms with Gasteiger partial charge in [-0.1, -0.05) is 11.6 Å². The first-order chi connectivity index (χ1) is 8.77. The van der Waals surface area contributed by atoms with Crippen LogP contribution in [0.15, 0.2) is 12.3 Å². The molecule has 0 aromatic carbocycles. The Morgan fingerprint density at radius 3 is 2.58 bits per heavy atom. The van der Waals surface area contributed by atoms with Crippen molar-refractivity contribution < 1.29 is 4.79 Å². The van der Waals surface area contributed by atoms with E-state index < -0.39 is 0 Å². The van der Waals surface area contributed by atoms with Crippen LogP contribution >= 0.6 is 11.6 Å². The Morgan fingerprint density at radius 1 is 1.47 bits per heavy atom. The van der Waals surface area contributed by atoms with E-state index in [1.165, 1.54) is 6.20 Å². The minimum Gasteiger partial charge on any atom is -0.372 e. The van der Waals surface area contributed by atoms with Gasteiger partial charge < -0.3 is 15.5 Å². The second-order valence-electron chi connectivity index (χ2n) is 5.19. The molecule has 0 saturated heterocycles. The van der Waals surface area contributed by atoms with E-state index in [1.54, 1.807) is 13.1 Å². The highest BCUT2D eigenvalue weighted by molar-refractivity contribution is 6.33. The molecule has 2 N–H and O–H groups in total. The van der Waals surface area contributed by atoms with Gasteiger partial charge in [-0.15, -0.1) is 0 Å². The Kier molecular flexibility index (Phi) is 5.14. The molecule has 6 heteroatoms. The van der Waals surface area contributed by atoms with E-state index in [0.717, 1.165) is 0 Å². The second kappa shape index (κ2) is 6.21. The van der Waals surface area contributed by atoms with Crippen LogP contribution in [0.1, 0.15) is 24.2 Å². The Labute approximate surface area is 119 Å². The Balaban J connectivity index is 2.72. The number of aromatic nitrogens is 1. The summed E-state index contributed by atoms with van der Waals surface area (Å²) < 4.78 is 0. The normalized spacial score (nSPS) is 11.5. The fourth-order valence-corrected chi connectivity index (χ4v) is 1.56. The number of nitrogens with zero attached hydrogens (tertiary/aromatic N) is 2. The summed E-state index contributed by atoms with van der Waals surface area (Å²) in [6, 6.07) is 1.61. The van der Waals surface area contributed by atoms with Gasteiger partial charge in [0.05, 0.1) is 10.6 Å². The van der Waals surface area contributed by atoms with Crippen LogP contribution in [0.25, 0.3) is 0 Å². The van der Waals surface area contributed by atoms with Crippen LogP contribution in [0.3, 0.4) is 0 Å². The summed E-state index contributed by atoms with van der Waals surface area (Å²) in [6.07, 6.45) is 1.51. The molecule has 1 aromatic rings. The van der Waals surface area contributed by atoms with Crippen LogP contribution in [0.5, 0.6) is 0 Å².